The second-order valence-electron chi connectivity index (χ2n) is 5.48. The van der Waals surface area contributed by atoms with E-state index in [2.05, 4.69) is 31.8 Å². The van der Waals surface area contributed by atoms with Crippen LogP contribution in [0.3, 0.4) is 0 Å². The smallest absolute Gasteiger partial charge is 0.325 e. The molecule has 1 amide bonds. The third-order valence-electron chi connectivity index (χ3n) is 3.15. The van der Waals surface area contributed by atoms with Crippen molar-refractivity contribution in [3.05, 3.63) is 36.0 Å². The Kier molecular flexibility index (Phi) is 5.62. The van der Waals surface area contributed by atoms with Crippen molar-refractivity contribution in [1.29, 1.82) is 0 Å². The second-order valence-corrected chi connectivity index (χ2v) is 5.85. The number of carboxylic acids is 1. The van der Waals surface area contributed by atoms with Crippen LogP contribution in [-0.2, 0) is 9.59 Å². The van der Waals surface area contributed by atoms with Crippen LogP contribution in [-0.4, -0.2) is 28.8 Å². The van der Waals surface area contributed by atoms with Crippen LogP contribution in [0.2, 0.25) is 0 Å². The highest BCUT2D eigenvalue weighted by Crippen LogP contribution is 2.26. The van der Waals surface area contributed by atoms with Gasteiger partial charge < -0.3 is 10.4 Å². The largest absolute Gasteiger partial charge is 0.480 e. The molecule has 5 heteroatoms. The number of carbonyl (C=O) groups excluding carboxylic acids is 1. The minimum Gasteiger partial charge on any atom is -0.480 e. The molecule has 0 aromatic rings. The van der Waals surface area contributed by atoms with Gasteiger partial charge in [-0.2, -0.15) is 12.6 Å². The van der Waals surface area contributed by atoms with Gasteiger partial charge in [0.1, 0.15) is 6.04 Å². The van der Waals surface area contributed by atoms with Gasteiger partial charge in [-0.3, -0.25) is 9.59 Å². The average molecular weight is 295 g/mol. The van der Waals surface area contributed by atoms with Crippen LogP contribution < -0.4 is 5.32 Å². The van der Waals surface area contributed by atoms with Crippen molar-refractivity contribution in [3.63, 3.8) is 0 Å². The summed E-state index contributed by atoms with van der Waals surface area (Å²) >= 11 is 4.21. The predicted molar refractivity (Wildman–Crippen MR) is 82.7 cm³/mol. The van der Waals surface area contributed by atoms with Gasteiger partial charge in [0.05, 0.1) is 5.92 Å². The molecule has 20 heavy (non-hydrogen) atoms. The molecule has 1 rings (SSSR count). The Morgan fingerprint density at radius 2 is 2.05 bits per heavy atom. The molecule has 0 aromatic carbocycles. The predicted octanol–water partition coefficient (Wildman–Crippen LogP) is 2.20. The Morgan fingerprint density at radius 3 is 2.60 bits per heavy atom. The van der Waals surface area contributed by atoms with Gasteiger partial charge in [-0.15, -0.1) is 0 Å². The van der Waals surface area contributed by atoms with E-state index < -0.39 is 17.9 Å². The summed E-state index contributed by atoms with van der Waals surface area (Å²) in [6, 6.07) is -0.910. The molecule has 0 spiro atoms. The highest BCUT2D eigenvalue weighted by atomic mass is 32.1. The van der Waals surface area contributed by atoms with Crippen LogP contribution in [0.5, 0.6) is 0 Å². The van der Waals surface area contributed by atoms with Crippen molar-refractivity contribution in [3.8, 4) is 0 Å². The maximum Gasteiger partial charge on any atom is 0.325 e. The maximum atomic E-state index is 12.1. The Morgan fingerprint density at radius 1 is 1.40 bits per heavy atom. The van der Waals surface area contributed by atoms with E-state index in [4.69, 9.17) is 5.11 Å². The maximum absolute atomic E-state index is 12.1. The van der Waals surface area contributed by atoms with Crippen LogP contribution in [0.15, 0.2) is 36.0 Å². The minimum absolute atomic E-state index is 0.0652. The summed E-state index contributed by atoms with van der Waals surface area (Å²) in [5, 5.41) is 11.3. The standard InChI is InChI=1S/C15H21NO3S/c1-10(14(18)19)16-13(17)12(9-20)11-5-4-7-15(2,3)8-6-11/h4-8,10,12,20H,9H2,1-3H3,(H,16,17)(H,18,19). The molecule has 0 saturated carbocycles. The van der Waals surface area contributed by atoms with E-state index in [0.29, 0.717) is 5.75 Å². The lowest BCUT2D eigenvalue weighted by atomic mass is 9.92. The number of amides is 1. The molecule has 4 nitrogen and oxygen atoms in total. The molecule has 2 atom stereocenters. The molecule has 0 aromatic heterocycles. The Hall–Kier alpha value is -1.49. The molecule has 0 radical (unpaired) electrons. The quantitative estimate of drug-likeness (QED) is 0.681. The van der Waals surface area contributed by atoms with E-state index in [1.807, 2.05) is 30.4 Å². The zero-order chi connectivity index (χ0) is 15.3. The van der Waals surface area contributed by atoms with Crippen LogP contribution >= 0.6 is 12.6 Å². The van der Waals surface area contributed by atoms with Gasteiger partial charge in [0.25, 0.3) is 0 Å². The fraction of sp³-hybridized carbons (Fsp3) is 0.467. The molecular weight excluding hydrogens is 274 g/mol. The highest BCUT2D eigenvalue weighted by Gasteiger charge is 2.24. The van der Waals surface area contributed by atoms with Crippen LogP contribution in [0.25, 0.3) is 0 Å². The normalized spacial score (nSPS) is 19.7. The molecule has 1 aliphatic rings. The molecule has 2 unspecified atom stereocenters. The second kappa shape index (κ2) is 6.79. The number of hydrogen-bond acceptors (Lipinski definition) is 3. The van der Waals surface area contributed by atoms with E-state index in [0.717, 1.165) is 5.57 Å². The van der Waals surface area contributed by atoms with Crippen molar-refractivity contribution < 1.29 is 14.7 Å². The third-order valence-corrected chi connectivity index (χ3v) is 3.52. The fourth-order valence-electron chi connectivity index (χ4n) is 1.78. The first-order valence-electron chi connectivity index (χ1n) is 6.49. The fourth-order valence-corrected chi connectivity index (χ4v) is 2.15. The van der Waals surface area contributed by atoms with Crippen LogP contribution in [0.1, 0.15) is 20.8 Å². The van der Waals surface area contributed by atoms with E-state index in [1.165, 1.54) is 6.92 Å². The lowest BCUT2D eigenvalue weighted by molar-refractivity contribution is -0.141. The molecule has 0 bridgehead atoms. The Balaban J connectivity index is 2.86. The molecule has 110 valence electrons. The zero-order valence-corrected chi connectivity index (χ0v) is 12.9. The molecule has 2 N–H and O–H groups in total. The highest BCUT2D eigenvalue weighted by molar-refractivity contribution is 7.80. The Bertz CT molecular complexity index is 478. The van der Waals surface area contributed by atoms with Crippen molar-refractivity contribution >= 4 is 24.5 Å². The number of allylic oxidation sites excluding steroid dienone is 5. The van der Waals surface area contributed by atoms with Crippen molar-refractivity contribution in [2.75, 3.05) is 5.75 Å². The number of carboxylic acid groups (broad SMARTS) is 1. The summed E-state index contributed by atoms with van der Waals surface area (Å²) in [5.41, 5.74) is 0.765. The van der Waals surface area contributed by atoms with E-state index in [1.54, 1.807) is 0 Å². The Labute approximate surface area is 125 Å². The van der Waals surface area contributed by atoms with Crippen molar-refractivity contribution in [2.24, 2.45) is 11.3 Å². The first-order chi connectivity index (χ1) is 9.26. The monoisotopic (exact) mass is 295 g/mol. The average Bonchev–Trinajstić information content (AvgIpc) is 2.52. The lowest BCUT2D eigenvalue weighted by Gasteiger charge is -2.18. The number of nitrogens with one attached hydrogen (secondary N) is 1. The van der Waals surface area contributed by atoms with Gasteiger partial charge in [-0.1, -0.05) is 44.2 Å². The molecule has 0 heterocycles. The number of thiol groups is 1. The first kappa shape index (κ1) is 16.6. The van der Waals surface area contributed by atoms with Crippen LogP contribution in [0.4, 0.5) is 0 Å². The van der Waals surface area contributed by atoms with Crippen molar-refractivity contribution in [2.45, 2.75) is 26.8 Å². The summed E-state index contributed by atoms with van der Waals surface area (Å²) in [5.74, 6) is -1.51. The molecule has 1 aliphatic carbocycles. The molecular formula is C15H21NO3S. The van der Waals surface area contributed by atoms with Crippen molar-refractivity contribution in [1.82, 2.24) is 5.32 Å². The summed E-state index contributed by atoms with van der Waals surface area (Å²) < 4.78 is 0. The lowest BCUT2D eigenvalue weighted by Crippen LogP contribution is -2.42. The summed E-state index contributed by atoms with van der Waals surface area (Å²) in [6.45, 7) is 5.58. The van der Waals surface area contributed by atoms with Gasteiger partial charge in [-0.05, 0) is 12.5 Å². The number of aliphatic carboxylic acids is 1. The van der Waals surface area contributed by atoms with Gasteiger partial charge in [-0.25, -0.2) is 0 Å². The van der Waals surface area contributed by atoms with Gasteiger partial charge >= 0.3 is 5.97 Å². The summed E-state index contributed by atoms with van der Waals surface area (Å²) in [4.78, 5) is 22.9. The van der Waals surface area contributed by atoms with E-state index in [-0.39, 0.29) is 11.3 Å². The molecule has 0 aliphatic heterocycles. The van der Waals surface area contributed by atoms with Gasteiger partial charge in [0.15, 0.2) is 0 Å². The minimum atomic E-state index is -1.05. The number of hydrogen-bond donors (Lipinski definition) is 3. The first-order valence-corrected chi connectivity index (χ1v) is 7.13. The number of rotatable bonds is 5. The molecule has 0 saturated heterocycles. The summed E-state index contributed by atoms with van der Waals surface area (Å²) in [7, 11) is 0. The SMILES string of the molecule is CC(NC(=O)C(CS)C1=CC=CC(C)(C)C=C1)C(=O)O. The zero-order valence-electron chi connectivity index (χ0n) is 12.0. The van der Waals surface area contributed by atoms with Gasteiger partial charge in [0, 0.05) is 11.2 Å². The topological polar surface area (TPSA) is 66.4 Å². The number of carbonyl (C=O) groups is 2. The van der Waals surface area contributed by atoms with Crippen LogP contribution in [0, 0.1) is 11.3 Å². The van der Waals surface area contributed by atoms with Gasteiger partial charge in [0.2, 0.25) is 5.91 Å². The van der Waals surface area contributed by atoms with E-state index >= 15 is 0 Å². The van der Waals surface area contributed by atoms with E-state index in [9.17, 15) is 9.59 Å². The summed E-state index contributed by atoms with van der Waals surface area (Å²) in [6.07, 6.45) is 9.76. The molecule has 0 fully saturated rings. The third kappa shape index (κ3) is 4.56.